The summed E-state index contributed by atoms with van der Waals surface area (Å²) in [5, 5.41) is 0.355. The number of sulfone groups is 1. The molecule has 0 spiro atoms. The highest BCUT2D eigenvalue weighted by Crippen LogP contribution is 2.19. The van der Waals surface area contributed by atoms with Gasteiger partial charge in [-0.2, -0.15) is 0 Å². The van der Waals surface area contributed by atoms with Crippen LogP contribution in [0.15, 0.2) is 18.2 Å². The number of nitrogens with two attached hydrogens (primary N) is 1. The lowest BCUT2D eigenvalue weighted by Crippen LogP contribution is -2.23. The average molecular weight is 294 g/mol. The van der Waals surface area contributed by atoms with E-state index in [9.17, 15) is 12.8 Å². The summed E-state index contributed by atoms with van der Waals surface area (Å²) in [4.78, 5) is 0. The van der Waals surface area contributed by atoms with Crippen LogP contribution in [0.2, 0.25) is 5.02 Å². The van der Waals surface area contributed by atoms with Gasteiger partial charge in [-0.3, -0.25) is 0 Å². The van der Waals surface area contributed by atoms with Gasteiger partial charge in [0.1, 0.15) is 15.7 Å². The van der Waals surface area contributed by atoms with Crippen molar-refractivity contribution in [3.8, 4) is 0 Å². The molecule has 1 unspecified atom stereocenters. The van der Waals surface area contributed by atoms with Gasteiger partial charge in [0.05, 0.1) is 0 Å². The van der Waals surface area contributed by atoms with Crippen LogP contribution in [0, 0.1) is 5.82 Å². The first-order valence-electron chi connectivity index (χ1n) is 5.65. The summed E-state index contributed by atoms with van der Waals surface area (Å²) in [7, 11) is -2.94. The Hall–Kier alpha value is -0.650. The zero-order valence-electron chi connectivity index (χ0n) is 10.2. The van der Waals surface area contributed by atoms with Crippen LogP contribution in [0.3, 0.4) is 0 Å². The molecule has 0 aliphatic rings. The van der Waals surface area contributed by atoms with E-state index in [1.165, 1.54) is 18.4 Å². The van der Waals surface area contributed by atoms with Crippen molar-refractivity contribution in [2.75, 3.05) is 12.0 Å². The summed E-state index contributed by atoms with van der Waals surface area (Å²) in [6.07, 6.45) is 2.85. The van der Waals surface area contributed by atoms with E-state index < -0.39 is 9.84 Å². The van der Waals surface area contributed by atoms with E-state index in [0.717, 1.165) is 5.56 Å². The monoisotopic (exact) mass is 293 g/mol. The standard InChI is InChI=1S/C12H17ClFNO2S/c1-18(16,17)6-2-3-11(15)7-9-4-5-10(14)8-12(9)13/h4-5,8,11H,2-3,6-7,15H2,1H3. The lowest BCUT2D eigenvalue weighted by atomic mass is 10.0. The van der Waals surface area contributed by atoms with Crippen molar-refractivity contribution >= 4 is 21.4 Å². The molecule has 6 heteroatoms. The second kappa shape index (κ2) is 6.50. The molecule has 0 radical (unpaired) electrons. The van der Waals surface area contributed by atoms with Gasteiger partial charge in [-0.05, 0) is 37.0 Å². The van der Waals surface area contributed by atoms with Crippen LogP contribution in [-0.2, 0) is 16.3 Å². The molecule has 0 saturated carbocycles. The van der Waals surface area contributed by atoms with E-state index in [1.807, 2.05) is 0 Å². The van der Waals surface area contributed by atoms with Crippen LogP contribution < -0.4 is 5.73 Å². The number of hydrogen-bond donors (Lipinski definition) is 1. The molecule has 0 saturated heterocycles. The summed E-state index contributed by atoms with van der Waals surface area (Å²) in [5.74, 6) is -0.243. The maximum atomic E-state index is 12.8. The van der Waals surface area contributed by atoms with Crippen molar-refractivity contribution in [1.82, 2.24) is 0 Å². The van der Waals surface area contributed by atoms with Crippen LogP contribution in [0.1, 0.15) is 18.4 Å². The molecule has 18 heavy (non-hydrogen) atoms. The molecule has 0 amide bonds. The van der Waals surface area contributed by atoms with Gasteiger partial charge in [0, 0.05) is 23.1 Å². The van der Waals surface area contributed by atoms with Crippen LogP contribution >= 0.6 is 11.6 Å². The minimum absolute atomic E-state index is 0.137. The summed E-state index contributed by atoms with van der Waals surface area (Å²) >= 11 is 5.89. The van der Waals surface area contributed by atoms with E-state index in [2.05, 4.69) is 0 Å². The molecule has 0 fully saturated rings. The Morgan fingerprint density at radius 2 is 2.11 bits per heavy atom. The minimum Gasteiger partial charge on any atom is -0.327 e. The van der Waals surface area contributed by atoms with Gasteiger partial charge >= 0.3 is 0 Å². The molecule has 0 aromatic heterocycles. The number of benzene rings is 1. The van der Waals surface area contributed by atoms with Crippen LogP contribution in [0.5, 0.6) is 0 Å². The zero-order chi connectivity index (χ0) is 13.8. The van der Waals surface area contributed by atoms with Gasteiger partial charge < -0.3 is 5.73 Å². The number of halogens is 2. The highest BCUT2D eigenvalue weighted by atomic mass is 35.5. The Kier molecular flexibility index (Phi) is 5.56. The molecule has 1 atom stereocenters. The predicted molar refractivity (Wildman–Crippen MR) is 72.0 cm³/mol. The summed E-state index contributed by atoms with van der Waals surface area (Å²) < 4.78 is 34.8. The van der Waals surface area contributed by atoms with Crippen LogP contribution in [0.25, 0.3) is 0 Å². The fourth-order valence-electron chi connectivity index (χ4n) is 1.68. The highest BCUT2D eigenvalue weighted by molar-refractivity contribution is 7.90. The Bertz CT molecular complexity index is 505. The number of hydrogen-bond acceptors (Lipinski definition) is 3. The van der Waals surface area contributed by atoms with Gasteiger partial charge in [0.2, 0.25) is 0 Å². The summed E-state index contributed by atoms with van der Waals surface area (Å²) in [6, 6.07) is 4.02. The van der Waals surface area contributed by atoms with E-state index in [0.29, 0.717) is 24.3 Å². The maximum Gasteiger partial charge on any atom is 0.147 e. The largest absolute Gasteiger partial charge is 0.327 e. The zero-order valence-corrected chi connectivity index (χ0v) is 11.8. The molecule has 0 aliphatic carbocycles. The molecule has 3 nitrogen and oxygen atoms in total. The fourth-order valence-corrected chi connectivity index (χ4v) is 2.61. The van der Waals surface area contributed by atoms with Crippen LogP contribution in [0.4, 0.5) is 4.39 Å². The Balaban J connectivity index is 2.47. The van der Waals surface area contributed by atoms with Crippen molar-refractivity contribution in [2.45, 2.75) is 25.3 Å². The van der Waals surface area contributed by atoms with Gasteiger partial charge in [-0.1, -0.05) is 17.7 Å². The lowest BCUT2D eigenvalue weighted by molar-refractivity contribution is 0.576. The molecular formula is C12H17ClFNO2S. The first kappa shape index (κ1) is 15.4. The van der Waals surface area contributed by atoms with Gasteiger partial charge in [-0.25, -0.2) is 12.8 Å². The average Bonchev–Trinajstić information content (AvgIpc) is 2.20. The molecule has 102 valence electrons. The highest BCUT2D eigenvalue weighted by Gasteiger charge is 2.10. The Morgan fingerprint density at radius 1 is 1.44 bits per heavy atom. The van der Waals surface area contributed by atoms with E-state index in [1.54, 1.807) is 6.07 Å². The molecule has 0 aliphatic heterocycles. The molecule has 2 N–H and O–H groups in total. The van der Waals surface area contributed by atoms with Crippen molar-refractivity contribution in [3.63, 3.8) is 0 Å². The molecular weight excluding hydrogens is 277 g/mol. The third-order valence-electron chi connectivity index (χ3n) is 2.59. The van der Waals surface area contributed by atoms with Gasteiger partial charge in [0.25, 0.3) is 0 Å². The van der Waals surface area contributed by atoms with Crippen LogP contribution in [-0.4, -0.2) is 26.5 Å². The summed E-state index contributed by atoms with van der Waals surface area (Å²) in [6.45, 7) is 0. The Morgan fingerprint density at radius 3 is 2.67 bits per heavy atom. The summed E-state index contributed by atoms with van der Waals surface area (Å²) in [5.41, 5.74) is 6.68. The van der Waals surface area contributed by atoms with Crippen molar-refractivity contribution in [2.24, 2.45) is 5.73 Å². The van der Waals surface area contributed by atoms with E-state index in [-0.39, 0.29) is 17.6 Å². The first-order valence-corrected chi connectivity index (χ1v) is 8.09. The van der Waals surface area contributed by atoms with Crippen molar-refractivity contribution < 1.29 is 12.8 Å². The topological polar surface area (TPSA) is 60.2 Å². The Labute approximate surface area is 112 Å². The second-order valence-corrected chi connectivity index (χ2v) is 7.14. The smallest absolute Gasteiger partial charge is 0.147 e. The SMILES string of the molecule is CS(=O)(=O)CCCC(N)Cc1ccc(F)cc1Cl. The van der Waals surface area contributed by atoms with Gasteiger partial charge in [0.15, 0.2) is 0 Å². The quantitative estimate of drug-likeness (QED) is 0.874. The second-order valence-electron chi connectivity index (χ2n) is 4.47. The van der Waals surface area contributed by atoms with Crippen molar-refractivity contribution in [3.05, 3.63) is 34.6 Å². The minimum atomic E-state index is -2.94. The number of rotatable bonds is 6. The molecule has 1 aromatic carbocycles. The van der Waals surface area contributed by atoms with Gasteiger partial charge in [-0.15, -0.1) is 0 Å². The molecule has 0 heterocycles. The predicted octanol–water partition coefficient (Wildman–Crippen LogP) is 2.17. The third-order valence-corrected chi connectivity index (χ3v) is 3.97. The molecule has 1 rings (SSSR count). The van der Waals surface area contributed by atoms with E-state index >= 15 is 0 Å². The third kappa shape index (κ3) is 5.80. The first-order chi connectivity index (χ1) is 8.28. The van der Waals surface area contributed by atoms with Crippen molar-refractivity contribution in [1.29, 1.82) is 0 Å². The lowest BCUT2D eigenvalue weighted by Gasteiger charge is -2.12. The normalized spacial score (nSPS) is 13.6. The molecule has 1 aromatic rings. The maximum absolute atomic E-state index is 12.8. The molecule has 0 bridgehead atoms. The fraction of sp³-hybridized carbons (Fsp3) is 0.500. The van der Waals surface area contributed by atoms with E-state index in [4.69, 9.17) is 17.3 Å².